The fourth-order valence-electron chi connectivity index (χ4n) is 1.83. The van der Waals surface area contributed by atoms with E-state index in [0.29, 0.717) is 5.42 Å². The summed E-state index contributed by atoms with van der Waals surface area (Å²) in [6.45, 7) is 5.96. The second kappa shape index (κ2) is 3.81. The summed E-state index contributed by atoms with van der Waals surface area (Å²) in [6, 6.07) is 7.91. The minimum absolute atomic E-state index is 0.676. The fourth-order valence-corrected chi connectivity index (χ4v) is 1.83. The van der Waals surface area contributed by atoms with E-state index >= 15 is 0 Å². The van der Waals surface area contributed by atoms with Crippen LogP contribution < -0.4 is 10.6 Å². The van der Waals surface area contributed by atoms with Gasteiger partial charge in [0, 0.05) is 11.8 Å². The number of methoxy groups -OCH3 is 1. The van der Waals surface area contributed by atoms with Crippen LogP contribution in [-0.4, -0.2) is 7.11 Å². The number of para-hydroxylation sites is 1. The Kier molecular flexibility index (Phi) is 2.50. The minimum atomic E-state index is 0.676. The zero-order valence-corrected chi connectivity index (χ0v) is 9.04. The van der Waals surface area contributed by atoms with E-state index in [0.717, 1.165) is 28.4 Å². The summed E-state index contributed by atoms with van der Waals surface area (Å²) >= 11 is 0. The van der Waals surface area contributed by atoms with Crippen molar-refractivity contribution in [2.75, 3.05) is 7.11 Å². The summed E-state index contributed by atoms with van der Waals surface area (Å²) in [4.78, 5) is 0. The molecular formula is C13H14O2. The number of hydrogen-bond donors (Lipinski definition) is 0. The molecule has 0 N–H and O–H groups in total. The predicted molar refractivity (Wildman–Crippen MR) is 61.7 cm³/mol. The first kappa shape index (κ1) is 9.84. The molecule has 78 valence electrons. The zero-order valence-electron chi connectivity index (χ0n) is 9.04. The van der Waals surface area contributed by atoms with Gasteiger partial charge in [-0.3, -0.25) is 0 Å². The van der Waals surface area contributed by atoms with Crippen LogP contribution in [0.2, 0.25) is 0 Å². The molecule has 0 saturated carbocycles. The van der Waals surface area contributed by atoms with Gasteiger partial charge in [-0.25, -0.2) is 0 Å². The molecule has 0 aliphatic heterocycles. The van der Waals surface area contributed by atoms with Gasteiger partial charge >= 0.3 is 0 Å². The maximum absolute atomic E-state index is 5.57. The van der Waals surface area contributed by atoms with Crippen molar-refractivity contribution < 1.29 is 9.15 Å². The summed E-state index contributed by atoms with van der Waals surface area (Å²) in [6.07, 6.45) is 0.836. The van der Waals surface area contributed by atoms with Crippen LogP contribution in [0.15, 0.2) is 28.7 Å². The Labute approximate surface area is 88.5 Å². The first-order chi connectivity index (χ1) is 7.27. The van der Waals surface area contributed by atoms with Crippen LogP contribution in [0.25, 0.3) is 23.3 Å². The Morgan fingerprint density at radius 3 is 2.80 bits per heavy atom. The van der Waals surface area contributed by atoms with Crippen molar-refractivity contribution in [3.63, 3.8) is 0 Å². The molecule has 0 unspecified atom stereocenters. The zero-order chi connectivity index (χ0) is 10.8. The highest BCUT2D eigenvalue weighted by Crippen LogP contribution is 2.09. The van der Waals surface area contributed by atoms with Gasteiger partial charge in [-0.2, -0.15) is 0 Å². The molecule has 0 saturated heterocycles. The third-order valence-electron chi connectivity index (χ3n) is 2.51. The fraction of sp³-hybridized carbons (Fsp3) is 0.231. The standard InChI is InChI=1S/C13H14O2/c1-4-11(14-3)13-9(2)15-12-8-6-5-7-10(12)13/h5-8H,2,4H2,1,3H3/b13-11-. The third kappa shape index (κ3) is 1.52. The van der Waals surface area contributed by atoms with Crippen molar-refractivity contribution in [3.8, 4) is 0 Å². The normalized spacial score (nSPS) is 12.9. The van der Waals surface area contributed by atoms with E-state index in [9.17, 15) is 0 Å². The van der Waals surface area contributed by atoms with Crippen LogP contribution in [0, 0.1) is 0 Å². The van der Waals surface area contributed by atoms with Gasteiger partial charge in [0.1, 0.15) is 16.8 Å². The SMILES string of the molecule is C=c1oc2ccccc2/c1=C(/CC)OC. The minimum Gasteiger partial charge on any atom is -0.500 e. The Morgan fingerprint density at radius 2 is 2.13 bits per heavy atom. The smallest absolute Gasteiger partial charge is 0.135 e. The summed E-state index contributed by atoms with van der Waals surface area (Å²) in [5.41, 5.74) is 1.54. The van der Waals surface area contributed by atoms with Crippen LogP contribution in [0.3, 0.4) is 0 Å². The number of hydrogen-bond acceptors (Lipinski definition) is 2. The van der Waals surface area contributed by atoms with Crippen molar-refractivity contribution >= 4 is 23.3 Å². The Bertz CT molecular complexity index is 572. The van der Waals surface area contributed by atoms with Crippen molar-refractivity contribution in [3.05, 3.63) is 34.9 Å². The molecular weight excluding hydrogens is 188 g/mol. The van der Waals surface area contributed by atoms with Gasteiger partial charge in [-0.05, 0) is 6.07 Å². The van der Waals surface area contributed by atoms with E-state index in [1.54, 1.807) is 7.11 Å². The van der Waals surface area contributed by atoms with Gasteiger partial charge in [0.15, 0.2) is 0 Å². The predicted octanol–water partition coefficient (Wildman–Crippen LogP) is 2.01. The molecule has 0 aliphatic carbocycles. The molecule has 1 aromatic heterocycles. The lowest BCUT2D eigenvalue weighted by atomic mass is 10.2. The number of benzene rings is 1. The first-order valence-corrected chi connectivity index (χ1v) is 5.01. The largest absolute Gasteiger partial charge is 0.500 e. The molecule has 2 nitrogen and oxygen atoms in total. The van der Waals surface area contributed by atoms with Gasteiger partial charge in [-0.15, -0.1) is 0 Å². The van der Waals surface area contributed by atoms with E-state index in [-0.39, 0.29) is 0 Å². The van der Waals surface area contributed by atoms with Gasteiger partial charge < -0.3 is 9.15 Å². The van der Waals surface area contributed by atoms with Crippen LogP contribution >= 0.6 is 0 Å². The van der Waals surface area contributed by atoms with Crippen LogP contribution in [0.4, 0.5) is 0 Å². The van der Waals surface area contributed by atoms with E-state index in [2.05, 4.69) is 13.5 Å². The molecule has 2 heteroatoms. The van der Waals surface area contributed by atoms with E-state index < -0.39 is 0 Å². The quantitative estimate of drug-likeness (QED) is 0.743. The molecule has 0 radical (unpaired) electrons. The first-order valence-electron chi connectivity index (χ1n) is 5.01. The van der Waals surface area contributed by atoms with Crippen molar-refractivity contribution in [2.24, 2.45) is 0 Å². The van der Waals surface area contributed by atoms with Crippen molar-refractivity contribution in [1.82, 2.24) is 0 Å². The summed E-state index contributed by atoms with van der Waals surface area (Å²) in [5, 5.41) is 2.07. The van der Waals surface area contributed by atoms with Gasteiger partial charge in [0.25, 0.3) is 0 Å². The lowest BCUT2D eigenvalue weighted by molar-refractivity contribution is 0.350. The Balaban J connectivity index is 2.97. The highest BCUT2D eigenvalue weighted by molar-refractivity contribution is 5.79. The van der Waals surface area contributed by atoms with E-state index in [1.807, 2.05) is 24.3 Å². The second-order valence-electron chi connectivity index (χ2n) is 3.38. The molecule has 2 aromatic rings. The van der Waals surface area contributed by atoms with Gasteiger partial charge in [-0.1, -0.05) is 31.7 Å². The maximum atomic E-state index is 5.57. The maximum Gasteiger partial charge on any atom is 0.135 e. The van der Waals surface area contributed by atoms with Crippen LogP contribution in [-0.2, 0) is 4.74 Å². The van der Waals surface area contributed by atoms with E-state index in [4.69, 9.17) is 9.15 Å². The molecule has 2 rings (SSSR count). The Hall–Kier alpha value is -1.70. The number of furan rings is 1. The molecule has 0 spiro atoms. The molecule has 15 heavy (non-hydrogen) atoms. The van der Waals surface area contributed by atoms with Crippen molar-refractivity contribution in [1.29, 1.82) is 0 Å². The molecule has 0 amide bonds. The summed E-state index contributed by atoms with van der Waals surface area (Å²) in [5.74, 6) is 0.921. The number of ether oxygens (including phenoxy) is 1. The molecule has 0 fully saturated rings. The topological polar surface area (TPSA) is 22.4 Å². The molecule has 0 atom stereocenters. The average molecular weight is 202 g/mol. The third-order valence-corrected chi connectivity index (χ3v) is 2.51. The lowest BCUT2D eigenvalue weighted by Gasteiger charge is -2.00. The van der Waals surface area contributed by atoms with Crippen molar-refractivity contribution in [2.45, 2.75) is 13.3 Å². The summed E-state index contributed by atoms with van der Waals surface area (Å²) in [7, 11) is 1.68. The molecule has 0 aliphatic rings. The summed E-state index contributed by atoms with van der Waals surface area (Å²) < 4.78 is 10.9. The average Bonchev–Trinajstić information content (AvgIpc) is 2.58. The number of rotatable bonds is 2. The monoisotopic (exact) mass is 202 g/mol. The van der Waals surface area contributed by atoms with Gasteiger partial charge in [0.2, 0.25) is 0 Å². The Morgan fingerprint density at radius 1 is 1.40 bits per heavy atom. The highest BCUT2D eigenvalue weighted by Gasteiger charge is 2.05. The van der Waals surface area contributed by atoms with Crippen LogP contribution in [0.1, 0.15) is 13.3 Å². The molecule has 1 aromatic carbocycles. The molecule has 0 bridgehead atoms. The van der Waals surface area contributed by atoms with E-state index in [1.165, 1.54) is 0 Å². The number of fused-ring (bicyclic) bond motifs is 1. The lowest BCUT2D eigenvalue weighted by Crippen LogP contribution is -2.22. The van der Waals surface area contributed by atoms with Crippen LogP contribution in [0.5, 0.6) is 0 Å². The highest BCUT2D eigenvalue weighted by atomic mass is 16.5. The second-order valence-corrected chi connectivity index (χ2v) is 3.38. The van der Waals surface area contributed by atoms with Gasteiger partial charge in [0.05, 0.1) is 12.3 Å². The molecule has 1 heterocycles.